The number of hydrogen-bond donors (Lipinski definition) is 0. The van der Waals surface area contributed by atoms with Crippen LogP contribution in [0, 0.1) is 12.8 Å². The monoisotopic (exact) mass is 361 g/mol. The molecule has 0 N–H and O–H groups in total. The Morgan fingerprint density at radius 2 is 2.04 bits per heavy atom. The average Bonchev–Trinajstić information content (AvgIpc) is 2.50. The van der Waals surface area contributed by atoms with E-state index in [4.69, 9.17) is 21.1 Å². The first kappa shape index (κ1) is 20.1. The molecule has 0 saturated carbocycles. The number of esters is 1. The number of carbonyl (C=O) groups is 1. The van der Waals surface area contributed by atoms with E-state index in [1.807, 2.05) is 32.0 Å². The lowest BCUT2D eigenvalue weighted by molar-refractivity contribution is -0.149. The Balaban J connectivity index is 0.00000264. The zero-order valence-electron chi connectivity index (χ0n) is 13.7. The highest BCUT2D eigenvalue weighted by Crippen LogP contribution is 2.25. The van der Waals surface area contributed by atoms with Crippen LogP contribution in [0.3, 0.4) is 0 Å². The van der Waals surface area contributed by atoms with Crippen molar-refractivity contribution >= 4 is 30.0 Å². The Bertz CT molecular complexity index is 503. The minimum absolute atomic E-state index is 0. The molecule has 1 aliphatic rings. The van der Waals surface area contributed by atoms with Crippen LogP contribution in [0.5, 0.6) is 5.75 Å². The second-order valence-corrected chi connectivity index (χ2v) is 6.06. The van der Waals surface area contributed by atoms with Gasteiger partial charge in [0.05, 0.1) is 17.5 Å². The number of piperidine rings is 1. The summed E-state index contributed by atoms with van der Waals surface area (Å²) in [7, 11) is 0. The Morgan fingerprint density at radius 1 is 1.35 bits per heavy atom. The molecular formula is C17H25Cl2NO3. The van der Waals surface area contributed by atoms with Crippen LogP contribution < -0.4 is 4.74 Å². The van der Waals surface area contributed by atoms with Crippen LogP contribution in [0.15, 0.2) is 18.2 Å². The molecular weight excluding hydrogens is 337 g/mol. The number of aryl methyl sites for hydroxylation is 1. The first-order valence-corrected chi connectivity index (χ1v) is 8.26. The maximum absolute atomic E-state index is 11.7. The topological polar surface area (TPSA) is 38.8 Å². The highest BCUT2D eigenvalue weighted by Gasteiger charge is 2.25. The van der Waals surface area contributed by atoms with E-state index in [2.05, 4.69) is 4.90 Å². The molecule has 0 atom stereocenters. The Labute approximate surface area is 149 Å². The quantitative estimate of drug-likeness (QED) is 0.723. The van der Waals surface area contributed by atoms with Crippen molar-refractivity contribution in [2.45, 2.75) is 26.7 Å². The lowest BCUT2D eigenvalue weighted by Gasteiger charge is -2.30. The van der Waals surface area contributed by atoms with Gasteiger partial charge in [-0.25, -0.2) is 0 Å². The van der Waals surface area contributed by atoms with Crippen molar-refractivity contribution in [3.63, 3.8) is 0 Å². The minimum Gasteiger partial charge on any atom is -0.491 e. The standard InChI is InChI=1S/C17H24ClNO3.ClH/c1-3-21-17(20)14-6-8-19(9-7-14)10-11-22-16-5-4-13(2)12-15(16)18;/h4-5,12,14H,3,6-11H2,1-2H3;1H. The third-order valence-electron chi connectivity index (χ3n) is 3.96. The van der Waals surface area contributed by atoms with E-state index in [-0.39, 0.29) is 24.3 Å². The molecule has 130 valence electrons. The number of rotatable bonds is 6. The van der Waals surface area contributed by atoms with Gasteiger partial charge in [0.1, 0.15) is 12.4 Å². The lowest BCUT2D eigenvalue weighted by atomic mass is 9.97. The van der Waals surface area contributed by atoms with Crippen LogP contribution in [-0.4, -0.2) is 43.7 Å². The lowest BCUT2D eigenvalue weighted by Crippen LogP contribution is -2.39. The van der Waals surface area contributed by atoms with Gasteiger partial charge in [-0.15, -0.1) is 12.4 Å². The predicted molar refractivity (Wildman–Crippen MR) is 94.7 cm³/mol. The highest BCUT2D eigenvalue weighted by molar-refractivity contribution is 6.32. The summed E-state index contributed by atoms with van der Waals surface area (Å²) in [6.07, 6.45) is 1.73. The fraction of sp³-hybridized carbons (Fsp3) is 0.588. The summed E-state index contributed by atoms with van der Waals surface area (Å²) in [5, 5.41) is 0.654. The number of likely N-dealkylation sites (tertiary alicyclic amines) is 1. The molecule has 1 heterocycles. The van der Waals surface area contributed by atoms with Gasteiger partial charge in [0.15, 0.2) is 0 Å². The van der Waals surface area contributed by atoms with Crippen molar-refractivity contribution in [3.05, 3.63) is 28.8 Å². The number of ether oxygens (including phenoxy) is 2. The third kappa shape index (κ3) is 6.21. The number of nitrogens with zero attached hydrogens (tertiary/aromatic N) is 1. The van der Waals surface area contributed by atoms with E-state index >= 15 is 0 Å². The molecule has 23 heavy (non-hydrogen) atoms. The van der Waals surface area contributed by atoms with E-state index in [1.54, 1.807) is 0 Å². The average molecular weight is 362 g/mol. The second-order valence-electron chi connectivity index (χ2n) is 5.65. The molecule has 1 aliphatic heterocycles. The van der Waals surface area contributed by atoms with Gasteiger partial charge in [-0.3, -0.25) is 9.69 Å². The largest absolute Gasteiger partial charge is 0.491 e. The first-order valence-electron chi connectivity index (χ1n) is 7.88. The molecule has 1 fully saturated rings. The highest BCUT2D eigenvalue weighted by atomic mass is 35.5. The van der Waals surface area contributed by atoms with E-state index in [9.17, 15) is 4.79 Å². The van der Waals surface area contributed by atoms with Crippen molar-refractivity contribution in [3.8, 4) is 5.75 Å². The van der Waals surface area contributed by atoms with Gasteiger partial charge in [-0.2, -0.15) is 0 Å². The van der Waals surface area contributed by atoms with Crippen LogP contribution in [-0.2, 0) is 9.53 Å². The Hall–Kier alpha value is -0.970. The van der Waals surface area contributed by atoms with E-state index in [0.29, 0.717) is 18.2 Å². The Morgan fingerprint density at radius 3 is 2.65 bits per heavy atom. The molecule has 4 nitrogen and oxygen atoms in total. The SMILES string of the molecule is CCOC(=O)C1CCN(CCOc2ccc(C)cc2Cl)CC1.Cl. The van der Waals surface area contributed by atoms with Crippen LogP contribution in [0.1, 0.15) is 25.3 Å². The van der Waals surface area contributed by atoms with Gasteiger partial charge in [-0.05, 0) is 57.5 Å². The summed E-state index contributed by atoms with van der Waals surface area (Å²) in [4.78, 5) is 14.0. The van der Waals surface area contributed by atoms with E-state index in [0.717, 1.165) is 43.8 Å². The second kappa shape index (κ2) is 10.0. The van der Waals surface area contributed by atoms with Gasteiger partial charge < -0.3 is 9.47 Å². The van der Waals surface area contributed by atoms with E-state index < -0.39 is 0 Å². The van der Waals surface area contributed by atoms with Crippen LogP contribution >= 0.6 is 24.0 Å². The van der Waals surface area contributed by atoms with Crippen molar-refractivity contribution in [2.75, 3.05) is 32.8 Å². The molecule has 0 aromatic heterocycles. The molecule has 0 aliphatic carbocycles. The maximum atomic E-state index is 11.7. The minimum atomic E-state index is -0.0511. The van der Waals surface area contributed by atoms with Gasteiger partial charge in [0, 0.05) is 6.54 Å². The molecule has 0 bridgehead atoms. The summed E-state index contributed by atoms with van der Waals surface area (Å²) < 4.78 is 10.8. The summed E-state index contributed by atoms with van der Waals surface area (Å²) >= 11 is 6.14. The molecule has 1 aromatic carbocycles. The van der Waals surface area contributed by atoms with Crippen LogP contribution in [0.4, 0.5) is 0 Å². The Kier molecular flexibility index (Phi) is 8.74. The van der Waals surface area contributed by atoms with Gasteiger partial charge in [0.2, 0.25) is 0 Å². The summed E-state index contributed by atoms with van der Waals surface area (Å²) in [5.41, 5.74) is 1.12. The summed E-state index contributed by atoms with van der Waals surface area (Å²) in [6, 6.07) is 5.80. The van der Waals surface area contributed by atoms with Crippen LogP contribution in [0.25, 0.3) is 0 Å². The van der Waals surface area contributed by atoms with Gasteiger partial charge in [-0.1, -0.05) is 17.7 Å². The molecule has 0 unspecified atom stereocenters. The van der Waals surface area contributed by atoms with Gasteiger partial charge >= 0.3 is 5.97 Å². The summed E-state index contributed by atoms with van der Waals surface area (Å²) in [6.45, 7) is 7.59. The number of benzene rings is 1. The van der Waals surface area contributed by atoms with Crippen molar-refractivity contribution in [1.29, 1.82) is 0 Å². The fourth-order valence-corrected chi connectivity index (χ4v) is 2.95. The summed E-state index contributed by atoms with van der Waals surface area (Å²) in [5.74, 6) is 0.738. The number of carbonyl (C=O) groups excluding carboxylic acids is 1. The zero-order chi connectivity index (χ0) is 15.9. The molecule has 1 saturated heterocycles. The maximum Gasteiger partial charge on any atom is 0.309 e. The zero-order valence-corrected chi connectivity index (χ0v) is 15.3. The normalized spacial score (nSPS) is 15.8. The van der Waals surface area contributed by atoms with Crippen LogP contribution in [0.2, 0.25) is 5.02 Å². The molecule has 1 aromatic rings. The molecule has 0 amide bonds. The predicted octanol–water partition coefficient (Wildman–Crippen LogP) is 3.72. The molecule has 0 spiro atoms. The van der Waals surface area contributed by atoms with Crippen molar-refractivity contribution in [1.82, 2.24) is 4.90 Å². The first-order chi connectivity index (χ1) is 10.6. The molecule has 2 rings (SSSR count). The fourth-order valence-electron chi connectivity index (χ4n) is 2.66. The molecule has 6 heteroatoms. The smallest absolute Gasteiger partial charge is 0.309 e. The van der Waals surface area contributed by atoms with Crippen molar-refractivity contribution in [2.24, 2.45) is 5.92 Å². The van der Waals surface area contributed by atoms with E-state index in [1.165, 1.54) is 0 Å². The molecule has 0 radical (unpaired) electrons. The third-order valence-corrected chi connectivity index (χ3v) is 4.26. The number of hydrogen-bond acceptors (Lipinski definition) is 4. The van der Waals surface area contributed by atoms with Gasteiger partial charge in [0.25, 0.3) is 0 Å². The van der Waals surface area contributed by atoms with Crippen molar-refractivity contribution < 1.29 is 14.3 Å². The number of halogens is 2.